The van der Waals surface area contributed by atoms with Crippen LogP contribution in [0.5, 0.6) is 5.75 Å². The van der Waals surface area contributed by atoms with Crippen molar-refractivity contribution in [2.75, 3.05) is 31.1 Å². The highest BCUT2D eigenvalue weighted by atomic mass is 19.1. The molecular formula is C25H29FN2O4. The summed E-state index contributed by atoms with van der Waals surface area (Å²) in [6.45, 7) is 2.77. The van der Waals surface area contributed by atoms with Crippen molar-refractivity contribution in [1.29, 1.82) is 0 Å². The average Bonchev–Trinajstić information content (AvgIpc) is 3.22. The van der Waals surface area contributed by atoms with Gasteiger partial charge in [0.2, 0.25) is 5.91 Å². The van der Waals surface area contributed by atoms with Gasteiger partial charge in [-0.15, -0.1) is 0 Å². The first-order valence-electron chi connectivity index (χ1n) is 11.4. The number of benzene rings is 2. The number of fused-ring (bicyclic) bond motifs is 1. The second-order valence-corrected chi connectivity index (χ2v) is 9.24. The van der Waals surface area contributed by atoms with Crippen molar-refractivity contribution in [3.63, 3.8) is 0 Å². The van der Waals surface area contributed by atoms with Crippen LogP contribution in [0.15, 0.2) is 42.5 Å². The summed E-state index contributed by atoms with van der Waals surface area (Å²) in [6.07, 6.45) is 2.08. The molecule has 0 saturated carbocycles. The minimum absolute atomic E-state index is 0.156. The lowest BCUT2D eigenvalue weighted by molar-refractivity contribution is -0.117. The van der Waals surface area contributed by atoms with E-state index in [1.54, 1.807) is 11.0 Å². The fourth-order valence-electron chi connectivity index (χ4n) is 5.21. The molecule has 0 aromatic heterocycles. The summed E-state index contributed by atoms with van der Waals surface area (Å²) in [7, 11) is 0. The van der Waals surface area contributed by atoms with Gasteiger partial charge in [-0.1, -0.05) is 12.1 Å². The monoisotopic (exact) mass is 440 g/mol. The number of aliphatic hydroxyl groups is 2. The van der Waals surface area contributed by atoms with Crippen LogP contribution in [-0.4, -0.2) is 52.8 Å². The van der Waals surface area contributed by atoms with Crippen LogP contribution in [0.3, 0.4) is 0 Å². The molecule has 32 heavy (non-hydrogen) atoms. The smallest absolute Gasteiger partial charge is 0.227 e. The van der Waals surface area contributed by atoms with Gasteiger partial charge in [0.25, 0.3) is 0 Å². The number of amides is 1. The fourth-order valence-corrected chi connectivity index (χ4v) is 5.21. The SMILES string of the molecule is O=C1CCCN1c1ccc([C@H](O)CN2CCC3(CC2)C[C@H](O)c2cc(F)ccc2O3)cc1. The van der Waals surface area contributed by atoms with Crippen LogP contribution >= 0.6 is 0 Å². The third-order valence-electron chi connectivity index (χ3n) is 7.08. The molecule has 3 aliphatic rings. The van der Waals surface area contributed by atoms with Gasteiger partial charge < -0.3 is 24.7 Å². The van der Waals surface area contributed by atoms with E-state index < -0.39 is 17.8 Å². The Morgan fingerprint density at radius 1 is 1.12 bits per heavy atom. The van der Waals surface area contributed by atoms with Crippen LogP contribution in [0, 0.1) is 5.82 Å². The first-order chi connectivity index (χ1) is 15.4. The molecule has 2 fully saturated rings. The number of carbonyl (C=O) groups excluding carboxylic acids is 1. The maximum Gasteiger partial charge on any atom is 0.227 e. The molecule has 3 aliphatic heterocycles. The zero-order valence-corrected chi connectivity index (χ0v) is 18.0. The van der Waals surface area contributed by atoms with Gasteiger partial charge in [-0.05, 0) is 55.2 Å². The Bertz CT molecular complexity index is 988. The summed E-state index contributed by atoms with van der Waals surface area (Å²) in [5.74, 6) is 0.352. The second kappa shape index (κ2) is 8.46. The highest BCUT2D eigenvalue weighted by molar-refractivity contribution is 5.95. The molecule has 6 nitrogen and oxygen atoms in total. The van der Waals surface area contributed by atoms with E-state index in [4.69, 9.17) is 4.74 Å². The molecule has 5 rings (SSSR count). The molecule has 2 saturated heterocycles. The summed E-state index contributed by atoms with van der Waals surface area (Å²) < 4.78 is 19.8. The Morgan fingerprint density at radius 2 is 1.88 bits per heavy atom. The maximum absolute atomic E-state index is 13.5. The Labute approximate surface area is 187 Å². The van der Waals surface area contributed by atoms with E-state index in [0.717, 1.165) is 50.1 Å². The predicted octanol–water partition coefficient (Wildman–Crippen LogP) is 3.34. The minimum atomic E-state index is -0.729. The van der Waals surface area contributed by atoms with Crippen LogP contribution in [0.2, 0.25) is 0 Å². The summed E-state index contributed by atoms with van der Waals surface area (Å²) in [4.78, 5) is 15.9. The third kappa shape index (κ3) is 4.12. The number of β-amino-alcohol motifs (C(OH)–C–C–N with tert-alkyl or cyclic N) is 1. The maximum atomic E-state index is 13.5. The molecule has 2 N–H and O–H groups in total. The third-order valence-corrected chi connectivity index (χ3v) is 7.08. The number of nitrogens with zero attached hydrogens (tertiary/aromatic N) is 2. The summed E-state index contributed by atoms with van der Waals surface area (Å²) in [6, 6.07) is 11.9. The zero-order chi connectivity index (χ0) is 22.3. The number of ether oxygens (including phenoxy) is 1. The van der Waals surface area contributed by atoms with Gasteiger partial charge in [0.15, 0.2) is 0 Å². The lowest BCUT2D eigenvalue weighted by Crippen LogP contribution is -2.51. The number of carbonyl (C=O) groups is 1. The molecule has 2 aromatic carbocycles. The molecule has 0 unspecified atom stereocenters. The van der Waals surface area contributed by atoms with Crippen molar-refractivity contribution in [2.24, 2.45) is 0 Å². The molecule has 7 heteroatoms. The molecule has 170 valence electrons. The van der Waals surface area contributed by atoms with Crippen molar-refractivity contribution in [1.82, 2.24) is 4.90 Å². The van der Waals surface area contributed by atoms with E-state index in [9.17, 15) is 19.4 Å². The Balaban J connectivity index is 1.18. The van der Waals surface area contributed by atoms with Gasteiger partial charge in [-0.25, -0.2) is 4.39 Å². The molecule has 3 heterocycles. The number of hydrogen-bond acceptors (Lipinski definition) is 5. The van der Waals surface area contributed by atoms with Gasteiger partial charge >= 0.3 is 0 Å². The molecule has 2 atom stereocenters. The quantitative estimate of drug-likeness (QED) is 0.763. The van der Waals surface area contributed by atoms with E-state index in [-0.39, 0.29) is 11.7 Å². The van der Waals surface area contributed by atoms with Crippen molar-refractivity contribution in [3.8, 4) is 5.75 Å². The van der Waals surface area contributed by atoms with Gasteiger partial charge in [-0.2, -0.15) is 0 Å². The largest absolute Gasteiger partial charge is 0.487 e. The highest BCUT2D eigenvalue weighted by Gasteiger charge is 2.43. The van der Waals surface area contributed by atoms with E-state index in [0.29, 0.717) is 30.7 Å². The average molecular weight is 441 g/mol. The number of halogens is 1. The number of aliphatic hydroxyl groups excluding tert-OH is 2. The number of rotatable bonds is 4. The highest BCUT2D eigenvalue weighted by Crippen LogP contribution is 2.44. The Hall–Kier alpha value is -2.48. The van der Waals surface area contributed by atoms with Crippen LogP contribution < -0.4 is 9.64 Å². The normalized spacial score (nSPS) is 23.8. The fraction of sp³-hybridized carbons (Fsp3) is 0.480. The Kier molecular flexibility index (Phi) is 5.65. The second-order valence-electron chi connectivity index (χ2n) is 9.24. The minimum Gasteiger partial charge on any atom is -0.487 e. The first kappa shape index (κ1) is 21.4. The Morgan fingerprint density at radius 3 is 2.56 bits per heavy atom. The van der Waals surface area contributed by atoms with E-state index in [1.807, 2.05) is 24.3 Å². The van der Waals surface area contributed by atoms with E-state index in [1.165, 1.54) is 12.1 Å². The lowest BCUT2D eigenvalue weighted by Gasteiger charge is -2.46. The van der Waals surface area contributed by atoms with E-state index >= 15 is 0 Å². The molecule has 0 radical (unpaired) electrons. The summed E-state index contributed by atoms with van der Waals surface area (Å²) in [5, 5.41) is 21.3. The van der Waals surface area contributed by atoms with Gasteiger partial charge in [0.05, 0.1) is 12.2 Å². The van der Waals surface area contributed by atoms with Gasteiger partial charge in [-0.3, -0.25) is 4.79 Å². The van der Waals surface area contributed by atoms with Crippen molar-refractivity contribution in [3.05, 3.63) is 59.4 Å². The molecule has 0 aliphatic carbocycles. The van der Waals surface area contributed by atoms with Crippen LogP contribution in [0.1, 0.15) is 55.4 Å². The van der Waals surface area contributed by atoms with Gasteiger partial charge in [0, 0.05) is 50.3 Å². The zero-order valence-electron chi connectivity index (χ0n) is 18.0. The van der Waals surface area contributed by atoms with Crippen molar-refractivity contribution >= 4 is 11.6 Å². The molecule has 1 amide bonds. The number of likely N-dealkylation sites (tertiary alicyclic amines) is 1. The van der Waals surface area contributed by atoms with Crippen LogP contribution in [0.4, 0.5) is 10.1 Å². The molecule has 1 spiro atoms. The molecule has 2 aromatic rings. The molecular weight excluding hydrogens is 411 g/mol. The predicted molar refractivity (Wildman–Crippen MR) is 118 cm³/mol. The van der Waals surface area contributed by atoms with Crippen molar-refractivity contribution in [2.45, 2.75) is 49.9 Å². The van der Waals surface area contributed by atoms with Crippen LogP contribution in [0.25, 0.3) is 0 Å². The van der Waals surface area contributed by atoms with E-state index in [2.05, 4.69) is 4.90 Å². The summed E-state index contributed by atoms with van der Waals surface area (Å²) in [5.41, 5.74) is 1.79. The number of hydrogen-bond donors (Lipinski definition) is 2. The topological polar surface area (TPSA) is 73.2 Å². The van der Waals surface area contributed by atoms with Crippen molar-refractivity contribution < 1.29 is 24.1 Å². The number of piperidine rings is 1. The molecule has 0 bridgehead atoms. The van der Waals surface area contributed by atoms with Crippen LogP contribution in [-0.2, 0) is 4.79 Å². The first-order valence-corrected chi connectivity index (χ1v) is 11.4. The standard InChI is InChI=1S/C25H29FN2O4/c26-18-5-8-23-20(14-18)21(29)15-25(32-23)9-12-27(13-10-25)16-22(30)17-3-6-19(7-4-17)28-11-1-2-24(28)31/h3-8,14,21-22,29-30H,1-2,9-13,15-16H2/t21-,22+/m0/s1. The number of anilines is 1. The van der Waals surface area contributed by atoms with Gasteiger partial charge in [0.1, 0.15) is 17.2 Å². The summed E-state index contributed by atoms with van der Waals surface area (Å²) >= 11 is 0. The lowest BCUT2D eigenvalue weighted by atomic mass is 9.81.